The molecule has 0 aliphatic heterocycles. The number of methoxy groups -OCH3 is 2. The molecule has 0 saturated carbocycles. The molecule has 0 aliphatic carbocycles. The Labute approximate surface area is 105 Å². The highest BCUT2D eigenvalue weighted by molar-refractivity contribution is 7.86. The van der Waals surface area contributed by atoms with Crippen LogP contribution in [0.3, 0.4) is 0 Å². The Bertz CT molecular complexity index is 691. The van der Waals surface area contributed by atoms with Gasteiger partial charge in [-0.25, -0.2) is 0 Å². The molecular weight excluding hydrogens is 256 g/mol. The molecule has 96 valence electrons. The van der Waals surface area contributed by atoms with Crippen LogP contribution in [0.1, 0.15) is 0 Å². The molecule has 0 bridgehead atoms. The number of rotatable bonds is 3. The Balaban J connectivity index is 3.01. The minimum Gasteiger partial charge on any atom is -0.493 e. The van der Waals surface area contributed by atoms with E-state index in [1.165, 1.54) is 14.2 Å². The van der Waals surface area contributed by atoms with E-state index in [2.05, 4.69) is 0 Å². The van der Waals surface area contributed by atoms with Crippen molar-refractivity contribution < 1.29 is 22.4 Å². The fourth-order valence-electron chi connectivity index (χ4n) is 1.87. The van der Waals surface area contributed by atoms with Gasteiger partial charge in [-0.05, 0) is 11.5 Å². The number of benzene rings is 2. The zero-order valence-corrected chi connectivity index (χ0v) is 10.7. The normalized spacial score (nSPS) is 11.5. The van der Waals surface area contributed by atoms with Gasteiger partial charge in [0.15, 0.2) is 11.5 Å². The van der Waals surface area contributed by atoms with E-state index >= 15 is 0 Å². The topological polar surface area (TPSA) is 72.8 Å². The molecule has 0 atom stereocenters. The molecule has 0 aromatic heterocycles. The van der Waals surface area contributed by atoms with Crippen LogP contribution in [0.2, 0.25) is 0 Å². The SMILES string of the molecule is COc1cc2ccccc2c(S(=O)(=O)O)c1OC. The van der Waals surface area contributed by atoms with Gasteiger partial charge in [-0.1, -0.05) is 24.3 Å². The summed E-state index contributed by atoms with van der Waals surface area (Å²) in [5, 5.41) is 1.03. The van der Waals surface area contributed by atoms with Gasteiger partial charge >= 0.3 is 0 Å². The lowest BCUT2D eigenvalue weighted by molar-refractivity contribution is 0.346. The van der Waals surface area contributed by atoms with Crippen LogP contribution in [0.15, 0.2) is 35.2 Å². The Kier molecular flexibility index (Phi) is 3.14. The molecule has 2 aromatic carbocycles. The maximum Gasteiger partial charge on any atom is 0.299 e. The van der Waals surface area contributed by atoms with Crippen molar-refractivity contribution in [2.75, 3.05) is 14.2 Å². The smallest absolute Gasteiger partial charge is 0.299 e. The molecule has 0 unspecified atom stereocenters. The first-order chi connectivity index (χ1) is 8.49. The summed E-state index contributed by atoms with van der Waals surface area (Å²) >= 11 is 0. The minimum absolute atomic E-state index is 0.00120. The maximum absolute atomic E-state index is 11.5. The summed E-state index contributed by atoms with van der Waals surface area (Å²) in [4.78, 5) is -0.278. The molecule has 2 rings (SSSR count). The summed E-state index contributed by atoms with van der Waals surface area (Å²) in [6, 6.07) is 8.43. The molecule has 0 heterocycles. The van der Waals surface area contributed by atoms with Gasteiger partial charge < -0.3 is 9.47 Å². The summed E-state index contributed by atoms with van der Waals surface area (Å²) in [6.07, 6.45) is 0. The van der Waals surface area contributed by atoms with E-state index in [-0.39, 0.29) is 16.4 Å². The molecule has 2 aromatic rings. The van der Waals surface area contributed by atoms with Crippen molar-refractivity contribution in [3.63, 3.8) is 0 Å². The monoisotopic (exact) mass is 268 g/mol. The van der Waals surface area contributed by atoms with Crippen molar-refractivity contribution in [2.24, 2.45) is 0 Å². The lowest BCUT2D eigenvalue weighted by atomic mass is 10.1. The van der Waals surface area contributed by atoms with Gasteiger partial charge in [0.25, 0.3) is 10.1 Å². The second-order valence-electron chi connectivity index (χ2n) is 3.64. The van der Waals surface area contributed by atoms with E-state index in [0.717, 1.165) is 0 Å². The van der Waals surface area contributed by atoms with Crippen LogP contribution in [0, 0.1) is 0 Å². The van der Waals surface area contributed by atoms with Gasteiger partial charge in [-0.2, -0.15) is 8.42 Å². The molecule has 1 N–H and O–H groups in total. The fraction of sp³-hybridized carbons (Fsp3) is 0.167. The largest absolute Gasteiger partial charge is 0.493 e. The lowest BCUT2D eigenvalue weighted by Crippen LogP contribution is -2.04. The molecule has 0 radical (unpaired) electrons. The second-order valence-corrected chi connectivity index (χ2v) is 5.00. The second kappa shape index (κ2) is 4.47. The van der Waals surface area contributed by atoms with E-state index in [0.29, 0.717) is 10.8 Å². The van der Waals surface area contributed by atoms with Crippen LogP contribution >= 0.6 is 0 Å². The Morgan fingerprint density at radius 3 is 2.33 bits per heavy atom. The third-order valence-corrected chi connectivity index (χ3v) is 3.53. The first-order valence-corrected chi connectivity index (χ1v) is 6.54. The van der Waals surface area contributed by atoms with E-state index < -0.39 is 10.1 Å². The first kappa shape index (κ1) is 12.7. The van der Waals surface area contributed by atoms with Gasteiger partial charge in [0, 0.05) is 5.39 Å². The Morgan fingerprint density at radius 2 is 1.78 bits per heavy atom. The van der Waals surface area contributed by atoms with E-state index in [9.17, 15) is 13.0 Å². The van der Waals surface area contributed by atoms with Crippen LogP contribution in [0.5, 0.6) is 11.5 Å². The summed E-state index contributed by atoms with van der Waals surface area (Å²) in [5.74, 6) is 0.252. The van der Waals surface area contributed by atoms with Crippen LogP contribution < -0.4 is 9.47 Å². The van der Waals surface area contributed by atoms with Crippen molar-refractivity contribution in [1.82, 2.24) is 0 Å². The molecule has 18 heavy (non-hydrogen) atoms. The zero-order chi connectivity index (χ0) is 13.3. The predicted octanol–water partition coefficient (Wildman–Crippen LogP) is 2.10. The Hall–Kier alpha value is -1.79. The zero-order valence-electron chi connectivity index (χ0n) is 9.88. The highest BCUT2D eigenvalue weighted by Gasteiger charge is 2.24. The summed E-state index contributed by atoms with van der Waals surface area (Å²) in [5.41, 5.74) is 0. The van der Waals surface area contributed by atoms with Crippen molar-refractivity contribution in [2.45, 2.75) is 4.90 Å². The average Bonchev–Trinajstić information content (AvgIpc) is 2.34. The quantitative estimate of drug-likeness (QED) is 0.863. The molecule has 5 nitrogen and oxygen atoms in total. The highest BCUT2D eigenvalue weighted by Crippen LogP contribution is 2.40. The Morgan fingerprint density at radius 1 is 1.11 bits per heavy atom. The standard InChI is InChI=1S/C12H12O5S/c1-16-10-7-8-5-3-4-6-9(8)12(11(10)17-2)18(13,14)15/h3-7H,1-2H3,(H,13,14,15). The van der Waals surface area contributed by atoms with Crippen LogP contribution in [0.4, 0.5) is 0 Å². The van der Waals surface area contributed by atoms with Crippen molar-refractivity contribution >= 4 is 20.9 Å². The van der Waals surface area contributed by atoms with Gasteiger partial charge in [0.1, 0.15) is 4.90 Å². The van der Waals surface area contributed by atoms with E-state index in [1.54, 1.807) is 30.3 Å². The van der Waals surface area contributed by atoms with Crippen molar-refractivity contribution in [1.29, 1.82) is 0 Å². The lowest BCUT2D eigenvalue weighted by Gasteiger charge is -2.13. The first-order valence-electron chi connectivity index (χ1n) is 5.10. The van der Waals surface area contributed by atoms with Gasteiger partial charge in [0.05, 0.1) is 14.2 Å². The van der Waals surface area contributed by atoms with E-state index in [1.807, 2.05) is 0 Å². The third-order valence-electron chi connectivity index (χ3n) is 2.60. The minimum atomic E-state index is -4.41. The average molecular weight is 268 g/mol. The van der Waals surface area contributed by atoms with E-state index in [4.69, 9.17) is 9.47 Å². The third kappa shape index (κ3) is 2.00. The number of hydrogen-bond donors (Lipinski definition) is 1. The van der Waals surface area contributed by atoms with Crippen molar-refractivity contribution in [3.8, 4) is 11.5 Å². The molecule has 0 spiro atoms. The van der Waals surface area contributed by atoms with Gasteiger partial charge in [-0.15, -0.1) is 0 Å². The molecule has 0 amide bonds. The summed E-state index contributed by atoms with van der Waals surface area (Å²) < 4.78 is 42.5. The number of fused-ring (bicyclic) bond motifs is 1. The van der Waals surface area contributed by atoms with Gasteiger partial charge in [-0.3, -0.25) is 4.55 Å². The van der Waals surface area contributed by atoms with Crippen LogP contribution in [-0.4, -0.2) is 27.2 Å². The fourth-order valence-corrected chi connectivity index (χ4v) is 2.75. The van der Waals surface area contributed by atoms with Crippen LogP contribution in [-0.2, 0) is 10.1 Å². The number of hydrogen-bond acceptors (Lipinski definition) is 4. The summed E-state index contributed by atoms with van der Waals surface area (Å²) in [7, 11) is -1.69. The molecule has 0 saturated heterocycles. The molecule has 0 fully saturated rings. The molecule has 0 aliphatic rings. The van der Waals surface area contributed by atoms with Crippen LogP contribution in [0.25, 0.3) is 10.8 Å². The summed E-state index contributed by atoms with van der Waals surface area (Å²) in [6.45, 7) is 0. The molecular formula is C12H12O5S. The van der Waals surface area contributed by atoms with Crippen molar-refractivity contribution in [3.05, 3.63) is 30.3 Å². The predicted molar refractivity (Wildman–Crippen MR) is 66.9 cm³/mol. The van der Waals surface area contributed by atoms with Gasteiger partial charge in [0.2, 0.25) is 0 Å². The maximum atomic E-state index is 11.5. The highest BCUT2D eigenvalue weighted by atomic mass is 32.2. The number of ether oxygens (including phenoxy) is 2. The molecule has 6 heteroatoms.